The van der Waals surface area contributed by atoms with Gasteiger partial charge in [0, 0.05) is 5.56 Å². The van der Waals surface area contributed by atoms with Crippen molar-refractivity contribution in [1.82, 2.24) is 5.32 Å². The number of fused-ring (bicyclic) bond motifs is 1. The summed E-state index contributed by atoms with van der Waals surface area (Å²) in [6.07, 6.45) is 3.05. The van der Waals surface area contributed by atoms with Crippen LogP contribution < -0.4 is 14.8 Å². The molecule has 1 aliphatic rings. The Morgan fingerprint density at radius 1 is 1.12 bits per heavy atom. The lowest BCUT2D eigenvalue weighted by Gasteiger charge is -2.27. The number of amides is 1. The second-order valence-corrected chi connectivity index (χ2v) is 6.17. The Morgan fingerprint density at radius 2 is 1.96 bits per heavy atom. The van der Waals surface area contributed by atoms with Crippen LogP contribution in [-0.2, 0) is 6.42 Å². The fraction of sp³-hybridized carbons (Fsp3) is 0.350. The smallest absolute Gasteiger partial charge is 0.251 e. The molecule has 24 heavy (non-hydrogen) atoms. The highest BCUT2D eigenvalue weighted by Crippen LogP contribution is 2.32. The predicted molar refractivity (Wildman–Crippen MR) is 93.9 cm³/mol. The molecule has 4 heteroatoms. The zero-order valence-electron chi connectivity index (χ0n) is 14.4. The van der Waals surface area contributed by atoms with Crippen molar-refractivity contribution < 1.29 is 14.3 Å². The molecule has 1 unspecified atom stereocenters. The maximum atomic E-state index is 12.6. The molecule has 0 spiro atoms. The Balaban J connectivity index is 1.80. The first-order chi connectivity index (χ1) is 11.6. The van der Waals surface area contributed by atoms with Crippen molar-refractivity contribution in [3.05, 3.63) is 58.7 Å². The second-order valence-electron chi connectivity index (χ2n) is 6.17. The molecule has 1 N–H and O–H groups in total. The molecule has 0 saturated carbocycles. The third kappa shape index (κ3) is 3.23. The minimum atomic E-state index is -0.0468. The van der Waals surface area contributed by atoms with E-state index in [9.17, 15) is 4.79 Å². The molecule has 0 aromatic heterocycles. The lowest BCUT2D eigenvalue weighted by atomic mass is 9.87. The summed E-state index contributed by atoms with van der Waals surface area (Å²) in [5, 5.41) is 3.17. The van der Waals surface area contributed by atoms with Gasteiger partial charge >= 0.3 is 0 Å². The molecule has 0 fully saturated rings. The Morgan fingerprint density at radius 3 is 2.67 bits per heavy atom. The molecule has 0 aliphatic heterocycles. The van der Waals surface area contributed by atoms with Crippen molar-refractivity contribution in [1.29, 1.82) is 0 Å². The molecule has 2 aromatic rings. The maximum absolute atomic E-state index is 12.6. The number of benzene rings is 2. The minimum absolute atomic E-state index is 0.0468. The van der Waals surface area contributed by atoms with Crippen LogP contribution in [0.5, 0.6) is 11.5 Å². The molecule has 1 amide bonds. The lowest BCUT2D eigenvalue weighted by Crippen LogP contribution is -2.31. The van der Waals surface area contributed by atoms with Gasteiger partial charge in [-0.15, -0.1) is 0 Å². The van der Waals surface area contributed by atoms with Crippen LogP contribution in [0.15, 0.2) is 36.4 Å². The molecule has 0 bridgehead atoms. The molecule has 1 aliphatic carbocycles. The van der Waals surface area contributed by atoms with Gasteiger partial charge in [-0.05, 0) is 73.2 Å². The van der Waals surface area contributed by atoms with E-state index in [1.165, 1.54) is 11.1 Å². The van der Waals surface area contributed by atoms with Gasteiger partial charge in [-0.1, -0.05) is 6.07 Å². The number of nitrogens with one attached hydrogen (secondary N) is 1. The number of hydrogen-bond acceptors (Lipinski definition) is 3. The summed E-state index contributed by atoms with van der Waals surface area (Å²) in [4.78, 5) is 12.6. The molecule has 4 nitrogen and oxygen atoms in total. The maximum Gasteiger partial charge on any atom is 0.251 e. The van der Waals surface area contributed by atoms with Gasteiger partial charge in [0.2, 0.25) is 0 Å². The van der Waals surface area contributed by atoms with Gasteiger partial charge in [0.1, 0.15) is 11.5 Å². The van der Waals surface area contributed by atoms with E-state index < -0.39 is 0 Å². The molecule has 126 valence electrons. The fourth-order valence-electron chi connectivity index (χ4n) is 3.33. The normalized spacial score (nSPS) is 16.2. The number of carbonyl (C=O) groups is 1. The van der Waals surface area contributed by atoms with Gasteiger partial charge in [-0.2, -0.15) is 0 Å². The van der Waals surface area contributed by atoms with Gasteiger partial charge < -0.3 is 14.8 Å². The van der Waals surface area contributed by atoms with Crippen LogP contribution in [0, 0.1) is 6.92 Å². The van der Waals surface area contributed by atoms with E-state index in [0.717, 1.165) is 36.3 Å². The monoisotopic (exact) mass is 325 g/mol. The first kappa shape index (κ1) is 16.4. The van der Waals surface area contributed by atoms with Crippen LogP contribution in [-0.4, -0.2) is 20.1 Å². The largest absolute Gasteiger partial charge is 0.497 e. The van der Waals surface area contributed by atoms with Gasteiger partial charge in [-0.3, -0.25) is 4.79 Å². The van der Waals surface area contributed by atoms with Crippen LogP contribution in [0.2, 0.25) is 0 Å². The van der Waals surface area contributed by atoms with Crippen LogP contribution in [0.4, 0.5) is 0 Å². The number of hydrogen-bond donors (Lipinski definition) is 1. The SMILES string of the molecule is COc1ccc2c(c1)CCCC2NC(=O)c1ccc(OC)c(C)c1. The highest BCUT2D eigenvalue weighted by molar-refractivity contribution is 5.94. The minimum Gasteiger partial charge on any atom is -0.497 e. The number of methoxy groups -OCH3 is 2. The lowest BCUT2D eigenvalue weighted by molar-refractivity contribution is 0.0932. The van der Waals surface area contributed by atoms with E-state index in [2.05, 4.69) is 17.4 Å². The molecular formula is C20H23NO3. The molecule has 3 rings (SSSR count). The number of ether oxygens (including phenoxy) is 2. The zero-order chi connectivity index (χ0) is 17.1. The van der Waals surface area contributed by atoms with E-state index >= 15 is 0 Å². The van der Waals surface area contributed by atoms with Crippen LogP contribution in [0.1, 0.15) is 45.9 Å². The summed E-state index contributed by atoms with van der Waals surface area (Å²) in [7, 11) is 3.31. The van der Waals surface area contributed by atoms with Crippen LogP contribution in [0.3, 0.4) is 0 Å². The summed E-state index contributed by atoms with van der Waals surface area (Å²) in [6.45, 7) is 1.94. The quantitative estimate of drug-likeness (QED) is 0.929. The first-order valence-corrected chi connectivity index (χ1v) is 8.24. The average Bonchev–Trinajstić information content (AvgIpc) is 2.61. The first-order valence-electron chi connectivity index (χ1n) is 8.24. The third-order valence-corrected chi connectivity index (χ3v) is 4.63. The van der Waals surface area contributed by atoms with Crippen LogP contribution >= 0.6 is 0 Å². The Kier molecular flexibility index (Phi) is 4.74. The van der Waals surface area contributed by atoms with Gasteiger partial charge in [0.05, 0.1) is 20.3 Å². The summed E-state index contributed by atoms with van der Waals surface area (Å²) in [5.74, 6) is 1.61. The van der Waals surface area contributed by atoms with Gasteiger partial charge in [0.15, 0.2) is 0 Å². The van der Waals surface area contributed by atoms with Crippen molar-refractivity contribution in [2.75, 3.05) is 14.2 Å². The second kappa shape index (κ2) is 6.95. The van der Waals surface area contributed by atoms with Crippen molar-refractivity contribution in [2.45, 2.75) is 32.2 Å². The fourth-order valence-corrected chi connectivity index (χ4v) is 3.33. The van der Waals surface area contributed by atoms with E-state index in [1.54, 1.807) is 20.3 Å². The molecule has 1 atom stereocenters. The van der Waals surface area contributed by atoms with E-state index in [0.29, 0.717) is 5.56 Å². The molecule has 2 aromatic carbocycles. The molecule has 0 heterocycles. The van der Waals surface area contributed by atoms with Gasteiger partial charge in [0.25, 0.3) is 5.91 Å². The van der Waals surface area contributed by atoms with Gasteiger partial charge in [-0.25, -0.2) is 0 Å². The van der Waals surface area contributed by atoms with E-state index in [4.69, 9.17) is 9.47 Å². The summed E-state index contributed by atoms with van der Waals surface area (Å²) in [6, 6.07) is 11.7. The number of carbonyl (C=O) groups excluding carboxylic acids is 1. The number of aryl methyl sites for hydroxylation is 2. The Hall–Kier alpha value is -2.49. The van der Waals surface area contributed by atoms with Crippen molar-refractivity contribution in [3.8, 4) is 11.5 Å². The predicted octanol–water partition coefficient (Wildman–Crippen LogP) is 3.82. The summed E-state index contributed by atoms with van der Waals surface area (Å²) < 4.78 is 10.6. The topological polar surface area (TPSA) is 47.6 Å². The Bertz CT molecular complexity index is 755. The average molecular weight is 325 g/mol. The summed E-state index contributed by atoms with van der Waals surface area (Å²) in [5.41, 5.74) is 4.07. The number of rotatable bonds is 4. The van der Waals surface area contributed by atoms with E-state index in [1.807, 2.05) is 25.1 Å². The highest BCUT2D eigenvalue weighted by Gasteiger charge is 2.23. The van der Waals surface area contributed by atoms with Crippen molar-refractivity contribution in [3.63, 3.8) is 0 Å². The van der Waals surface area contributed by atoms with Crippen molar-refractivity contribution >= 4 is 5.91 Å². The highest BCUT2D eigenvalue weighted by atomic mass is 16.5. The Labute approximate surface area is 142 Å². The van der Waals surface area contributed by atoms with Crippen LogP contribution in [0.25, 0.3) is 0 Å². The zero-order valence-corrected chi connectivity index (χ0v) is 14.4. The molecule has 0 radical (unpaired) electrons. The summed E-state index contributed by atoms with van der Waals surface area (Å²) >= 11 is 0. The van der Waals surface area contributed by atoms with E-state index in [-0.39, 0.29) is 11.9 Å². The standard InChI is InChI=1S/C20H23NO3/c1-13-11-15(7-10-19(13)24-3)20(22)21-18-6-4-5-14-12-16(23-2)8-9-17(14)18/h7-12,18H,4-6H2,1-3H3,(H,21,22). The molecular weight excluding hydrogens is 302 g/mol. The third-order valence-electron chi connectivity index (χ3n) is 4.63. The van der Waals surface area contributed by atoms with Crippen molar-refractivity contribution in [2.24, 2.45) is 0 Å². The molecule has 0 saturated heterocycles.